The van der Waals surface area contributed by atoms with E-state index in [1.165, 1.54) is 5.56 Å². The Labute approximate surface area is 115 Å². The summed E-state index contributed by atoms with van der Waals surface area (Å²) in [5, 5.41) is 12.0. The van der Waals surface area contributed by atoms with E-state index in [4.69, 9.17) is 10.00 Å². The maximum Gasteiger partial charge on any atom is 0.0991 e. The first-order chi connectivity index (χ1) is 9.24. The molecule has 2 unspecified atom stereocenters. The van der Waals surface area contributed by atoms with Crippen molar-refractivity contribution in [2.24, 2.45) is 0 Å². The smallest absolute Gasteiger partial charge is 0.0991 e. The average Bonchev–Trinajstić information content (AvgIpc) is 2.47. The predicted octanol–water partition coefficient (Wildman–Crippen LogP) is 1.54. The van der Waals surface area contributed by atoms with Crippen molar-refractivity contribution in [3.05, 3.63) is 35.4 Å². The molecule has 0 saturated carbocycles. The number of nitriles is 1. The third-order valence-electron chi connectivity index (χ3n) is 3.67. The molecule has 4 heteroatoms. The lowest BCUT2D eigenvalue weighted by atomic mass is 10.0. The molecule has 2 atom stereocenters. The molecule has 0 aromatic heterocycles. The van der Waals surface area contributed by atoms with Crippen molar-refractivity contribution in [1.29, 1.82) is 5.26 Å². The van der Waals surface area contributed by atoms with Crippen LogP contribution in [-0.2, 0) is 4.74 Å². The highest BCUT2D eigenvalue weighted by Crippen LogP contribution is 2.22. The molecule has 0 bridgehead atoms. The topological polar surface area (TPSA) is 48.3 Å². The number of morpholine rings is 1. The van der Waals surface area contributed by atoms with Crippen molar-refractivity contribution in [3.63, 3.8) is 0 Å². The van der Waals surface area contributed by atoms with Gasteiger partial charge in [0.2, 0.25) is 0 Å². The van der Waals surface area contributed by atoms with Crippen LogP contribution in [0.4, 0.5) is 0 Å². The molecule has 1 N–H and O–H groups in total. The number of rotatable bonds is 4. The van der Waals surface area contributed by atoms with Crippen LogP contribution in [0.2, 0.25) is 0 Å². The molecule has 1 fully saturated rings. The van der Waals surface area contributed by atoms with Gasteiger partial charge in [-0.25, -0.2) is 0 Å². The van der Waals surface area contributed by atoms with Crippen LogP contribution in [0.15, 0.2) is 24.3 Å². The van der Waals surface area contributed by atoms with Crippen molar-refractivity contribution in [3.8, 4) is 6.07 Å². The van der Waals surface area contributed by atoms with Crippen LogP contribution >= 0.6 is 0 Å². The summed E-state index contributed by atoms with van der Waals surface area (Å²) >= 11 is 0. The second-order valence-electron chi connectivity index (χ2n) is 4.96. The summed E-state index contributed by atoms with van der Waals surface area (Å²) in [5.41, 5.74) is 1.97. The predicted molar refractivity (Wildman–Crippen MR) is 74.8 cm³/mol. The molecule has 0 radical (unpaired) electrons. The zero-order chi connectivity index (χ0) is 13.7. The molecule has 19 heavy (non-hydrogen) atoms. The minimum atomic E-state index is 0.264. The van der Waals surface area contributed by atoms with Gasteiger partial charge < -0.3 is 10.1 Å². The number of nitrogens with zero attached hydrogens (tertiary/aromatic N) is 2. The van der Waals surface area contributed by atoms with Gasteiger partial charge in [-0.1, -0.05) is 12.1 Å². The lowest BCUT2D eigenvalue weighted by Crippen LogP contribution is -2.46. The highest BCUT2D eigenvalue weighted by atomic mass is 16.5. The van der Waals surface area contributed by atoms with Gasteiger partial charge in [-0.2, -0.15) is 5.26 Å². The maximum atomic E-state index is 8.83. The minimum absolute atomic E-state index is 0.264. The van der Waals surface area contributed by atoms with Gasteiger partial charge in [0.15, 0.2) is 0 Å². The van der Waals surface area contributed by atoms with Crippen molar-refractivity contribution in [1.82, 2.24) is 10.2 Å². The Balaban J connectivity index is 2.01. The van der Waals surface area contributed by atoms with Gasteiger partial charge in [0.05, 0.1) is 24.3 Å². The highest BCUT2D eigenvalue weighted by molar-refractivity contribution is 5.32. The first kappa shape index (κ1) is 14.0. The molecule has 1 saturated heterocycles. The number of hydrogen-bond donors (Lipinski definition) is 1. The Morgan fingerprint density at radius 2 is 2.21 bits per heavy atom. The molecule has 0 aliphatic carbocycles. The second-order valence-corrected chi connectivity index (χ2v) is 4.96. The van der Waals surface area contributed by atoms with Crippen LogP contribution in [0.3, 0.4) is 0 Å². The van der Waals surface area contributed by atoms with Crippen LogP contribution < -0.4 is 5.32 Å². The summed E-state index contributed by atoms with van der Waals surface area (Å²) in [5.74, 6) is 0. The zero-order valence-electron chi connectivity index (χ0n) is 11.6. The van der Waals surface area contributed by atoms with E-state index in [-0.39, 0.29) is 6.10 Å². The quantitative estimate of drug-likeness (QED) is 0.891. The molecule has 1 heterocycles. The largest absolute Gasteiger partial charge is 0.374 e. The van der Waals surface area contributed by atoms with E-state index in [2.05, 4.69) is 23.2 Å². The number of nitrogens with one attached hydrogen (secondary N) is 1. The van der Waals surface area contributed by atoms with E-state index in [1.807, 2.05) is 31.3 Å². The SMILES string of the molecule is CNCC1CN(C(C)c2ccc(C#N)cc2)CCO1. The van der Waals surface area contributed by atoms with Crippen LogP contribution in [0.1, 0.15) is 24.1 Å². The van der Waals surface area contributed by atoms with Gasteiger partial charge in [-0.3, -0.25) is 4.90 Å². The van der Waals surface area contributed by atoms with Crippen LogP contribution in [0.5, 0.6) is 0 Å². The van der Waals surface area contributed by atoms with Gasteiger partial charge >= 0.3 is 0 Å². The summed E-state index contributed by atoms with van der Waals surface area (Å²) < 4.78 is 5.72. The first-order valence-electron chi connectivity index (χ1n) is 6.75. The van der Waals surface area contributed by atoms with Gasteiger partial charge in [0, 0.05) is 25.7 Å². The lowest BCUT2D eigenvalue weighted by molar-refractivity contribution is -0.0393. The second kappa shape index (κ2) is 6.67. The average molecular weight is 259 g/mol. The van der Waals surface area contributed by atoms with E-state index in [0.717, 1.165) is 26.2 Å². The number of hydrogen-bond acceptors (Lipinski definition) is 4. The fourth-order valence-electron chi connectivity index (χ4n) is 2.49. The zero-order valence-corrected chi connectivity index (χ0v) is 11.6. The van der Waals surface area contributed by atoms with Crippen molar-refractivity contribution < 1.29 is 4.74 Å². The van der Waals surface area contributed by atoms with Crippen molar-refractivity contribution >= 4 is 0 Å². The fraction of sp³-hybridized carbons (Fsp3) is 0.533. The molecule has 1 aliphatic rings. The summed E-state index contributed by atoms with van der Waals surface area (Å²) in [6.45, 7) is 5.79. The summed E-state index contributed by atoms with van der Waals surface area (Å²) in [6.07, 6.45) is 0.264. The molecular formula is C15H21N3O. The maximum absolute atomic E-state index is 8.83. The van der Waals surface area contributed by atoms with Crippen LogP contribution in [0.25, 0.3) is 0 Å². The first-order valence-corrected chi connectivity index (χ1v) is 6.75. The number of benzene rings is 1. The Hall–Kier alpha value is -1.41. The molecule has 0 spiro atoms. The summed E-state index contributed by atoms with van der Waals surface area (Å²) in [4.78, 5) is 2.44. The molecule has 1 aromatic carbocycles. The molecule has 1 aromatic rings. The summed E-state index contributed by atoms with van der Waals surface area (Å²) in [6, 6.07) is 10.4. The van der Waals surface area contributed by atoms with E-state index in [0.29, 0.717) is 11.6 Å². The van der Waals surface area contributed by atoms with Crippen LogP contribution in [-0.4, -0.2) is 44.3 Å². The normalized spacial score (nSPS) is 21.8. The van der Waals surface area contributed by atoms with Crippen molar-refractivity contribution in [2.45, 2.75) is 19.1 Å². The number of likely N-dealkylation sites (N-methyl/N-ethyl adjacent to an activating group) is 1. The van der Waals surface area contributed by atoms with Gasteiger partial charge in [0.1, 0.15) is 0 Å². The number of ether oxygens (including phenoxy) is 1. The highest BCUT2D eigenvalue weighted by Gasteiger charge is 2.24. The molecule has 4 nitrogen and oxygen atoms in total. The fourth-order valence-corrected chi connectivity index (χ4v) is 2.49. The van der Waals surface area contributed by atoms with Gasteiger partial charge in [-0.05, 0) is 31.7 Å². The Morgan fingerprint density at radius 1 is 1.47 bits per heavy atom. The third kappa shape index (κ3) is 3.54. The lowest BCUT2D eigenvalue weighted by Gasteiger charge is -2.37. The van der Waals surface area contributed by atoms with Gasteiger partial charge in [-0.15, -0.1) is 0 Å². The van der Waals surface area contributed by atoms with Crippen LogP contribution in [0, 0.1) is 11.3 Å². The van der Waals surface area contributed by atoms with E-state index in [9.17, 15) is 0 Å². The molecule has 1 aliphatic heterocycles. The van der Waals surface area contributed by atoms with E-state index < -0.39 is 0 Å². The minimum Gasteiger partial charge on any atom is -0.374 e. The standard InChI is InChI=1S/C15H21N3O/c1-12(14-5-3-13(9-16)4-6-14)18-7-8-19-15(11-18)10-17-2/h3-6,12,15,17H,7-8,10-11H2,1-2H3. The Morgan fingerprint density at radius 3 is 2.84 bits per heavy atom. The van der Waals surface area contributed by atoms with E-state index in [1.54, 1.807) is 0 Å². The Bertz CT molecular complexity index is 436. The molecule has 0 amide bonds. The molecule has 2 rings (SSSR count). The van der Waals surface area contributed by atoms with E-state index >= 15 is 0 Å². The monoisotopic (exact) mass is 259 g/mol. The Kier molecular flexibility index (Phi) is 4.92. The van der Waals surface area contributed by atoms with Crippen molar-refractivity contribution in [2.75, 3.05) is 33.3 Å². The summed E-state index contributed by atoms with van der Waals surface area (Å²) in [7, 11) is 1.95. The molecular weight excluding hydrogens is 238 g/mol. The van der Waals surface area contributed by atoms with Gasteiger partial charge in [0.25, 0.3) is 0 Å². The molecule has 102 valence electrons. The third-order valence-corrected chi connectivity index (χ3v) is 3.67.